The van der Waals surface area contributed by atoms with Crippen molar-refractivity contribution in [2.75, 3.05) is 19.6 Å². The maximum Gasteiger partial charge on any atom is -0.00189 e. The van der Waals surface area contributed by atoms with E-state index < -0.39 is 0 Å². The number of rotatable bonds is 1. The molecule has 0 atom stereocenters. The van der Waals surface area contributed by atoms with Gasteiger partial charge in [-0.3, -0.25) is 0 Å². The van der Waals surface area contributed by atoms with Crippen LogP contribution in [0, 0.1) is 0 Å². The molecule has 72 valence electrons. The summed E-state index contributed by atoms with van der Waals surface area (Å²) >= 11 is 0. The second kappa shape index (κ2) is 6.47. The van der Waals surface area contributed by atoms with Gasteiger partial charge in [0.25, 0.3) is 0 Å². The van der Waals surface area contributed by atoms with E-state index >= 15 is 0 Å². The van der Waals surface area contributed by atoms with Gasteiger partial charge >= 0.3 is 0 Å². The van der Waals surface area contributed by atoms with Gasteiger partial charge in [0.1, 0.15) is 0 Å². The molecule has 12 heavy (non-hydrogen) atoms. The van der Waals surface area contributed by atoms with Crippen molar-refractivity contribution in [1.29, 1.82) is 0 Å². The molecule has 0 aromatic rings. The highest BCUT2D eigenvalue weighted by atomic mass is 15.1. The summed E-state index contributed by atoms with van der Waals surface area (Å²) in [6, 6.07) is 0. The monoisotopic (exact) mass is 169 g/mol. The van der Waals surface area contributed by atoms with Gasteiger partial charge in [-0.1, -0.05) is 39.0 Å². The zero-order chi connectivity index (χ0) is 8.65. The normalized spacial score (nSPS) is 23.8. The summed E-state index contributed by atoms with van der Waals surface area (Å²) in [6.45, 7) is 6.22. The Kier molecular flexibility index (Phi) is 5.42. The topological polar surface area (TPSA) is 3.24 Å². The van der Waals surface area contributed by atoms with Gasteiger partial charge in [-0.2, -0.15) is 0 Å². The van der Waals surface area contributed by atoms with Crippen molar-refractivity contribution in [3.05, 3.63) is 0 Å². The summed E-state index contributed by atoms with van der Waals surface area (Å²) in [5.74, 6) is 0. The molecule has 0 amide bonds. The Bertz CT molecular complexity index is 91.2. The van der Waals surface area contributed by atoms with Crippen LogP contribution in [0.15, 0.2) is 0 Å². The zero-order valence-electron chi connectivity index (χ0n) is 8.52. The second-order valence-electron chi connectivity index (χ2n) is 3.91. The Morgan fingerprint density at radius 3 is 1.58 bits per heavy atom. The summed E-state index contributed by atoms with van der Waals surface area (Å²) in [5.41, 5.74) is 0. The van der Waals surface area contributed by atoms with Gasteiger partial charge in [0.15, 0.2) is 0 Å². The number of nitrogens with zero attached hydrogens (tertiary/aromatic N) is 1. The summed E-state index contributed by atoms with van der Waals surface area (Å²) < 4.78 is 0. The van der Waals surface area contributed by atoms with Crippen molar-refractivity contribution in [3.8, 4) is 0 Å². The molecule has 1 aliphatic heterocycles. The third kappa shape index (κ3) is 4.10. The van der Waals surface area contributed by atoms with Gasteiger partial charge in [-0.05, 0) is 32.5 Å². The van der Waals surface area contributed by atoms with Crippen LogP contribution in [0.3, 0.4) is 0 Å². The molecule has 0 unspecified atom stereocenters. The Morgan fingerprint density at radius 2 is 1.17 bits per heavy atom. The van der Waals surface area contributed by atoms with Crippen molar-refractivity contribution >= 4 is 0 Å². The summed E-state index contributed by atoms with van der Waals surface area (Å²) in [6.07, 6.45) is 10.2. The third-order valence-corrected chi connectivity index (χ3v) is 2.90. The minimum atomic E-state index is 1.25. The van der Waals surface area contributed by atoms with Gasteiger partial charge in [0.2, 0.25) is 0 Å². The molecule has 0 saturated carbocycles. The Balaban J connectivity index is 2.17. The summed E-state index contributed by atoms with van der Waals surface area (Å²) in [4.78, 5) is 2.60. The molecule has 1 heterocycles. The first kappa shape index (κ1) is 10.0. The molecule has 0 aromatic carbocycles. The maximum atomic E-state index is 2.60. The van der Waals surface area contributed by atoms with Crippen molar-refractivity contribution in [1.82, 2.24) is 4.90 Å². The lowest BCUT2D eigenvalue weighted by atomic mass is 10.1. The molecule has 1 nitrogen and oxygen atoms in total. The fourth-order valence-electron chi connectivity index (χ4n) is 1.98. The third-order valence-electron chi connectivity index (χ3n) is 2.90. The van der Waals surface area contributed by atoms with Crippen LogP contribution in [0.5, 0.6) is 0 Å². The SMILES string of the molecule is CCN1CCCCCCCCC1. The van der Waals surface area contributed by atoms with Crippen LogP contribution in [0.25, 0.3) is 0 Å². The van der Waals surface area contributed by atoms with E-state index in [0.717, 1.165) is 0 Å². The average Bonchev–Trinajstić information content (AvgIpc) is 2.14. The highest BCUT2D eigenvalue weighted by Gasteiger charge is 2.03. The molecule has 1 rings (SSSR count). The van der Waals surface area contributed by atoms with E-state index in [4.69, 9.17) is 0 Å². The lowest BCUT2D eigenvalue weighted by molar-refractivity contribution is 0.267. The van der Waals surface area contributed by atoms with Gasteiger partial charge in [0.05, 0.1) is 0 Å². The molecule has 1 aliphatic rings. The number of hydrogen-bond acceptors (Lipinski definition) is 1. The molecular weight excluding hydrogens is 146 g/mol. The molecule has 0 aromatic heterocycles. The Labute approximate surface area is 77.1 Å². The van der Waals surface area contributed by atoms with Crippen molar-refractivity contribution < 1.29 is 0 Å². The molecule has 1 heteroatoms. The van der Waals surface area contributed by atoms with Crippen molar-refractivity contribution in [3.63, 3.8) is 0 Å². The average molecular weight is 169 g/mol. The predicted molar refractivity (Wildman–Crippen MR) is 54.4 cm³/mol. The molecule has 0 bridgehead atoms. The van der Waals surface area contributed by atoms with E-state index in [2.05, 4.69) is 11.8 Å². The largest absolute Gasteiger partial charge is 0.304 e. The lowest BCUT2D eigenvalue weighted by Gasteiger charge is -2.21. The fourth-order valence-corrected chi connectivity index (χ4v) is 1.98. The standard InChI is InChI=1S/C11H23N/c1-2-12-10-8-6-4-3-5-7-9-11-12/h2-11H2,1H3. The molecule has 0 N–H and O–H groups in total. The second-order valence-corrected chi connectivity index (χ2v) is 3.91. The summed E-state index contributed by atoms with van der Waals surface area (Å²) in [7, 11) is 0. The molecule has 1 saturated heterocycles. The highest BCUT2D eigenvalue weighted by Crippen LogP contribution is 2.11. The van der Waals surface area contributed by atoms with E-state index in [9.17, 15) is 0 Å². The van der Waals surface area contributed by atoms with Crippen LogP contribution in [0.1, 0.15) is 51.9 Å². The van der Waals surface area contributed by atoms with Gasteiger partial charge in [0, 0.05) is 0 Å². The zero-order valence-corrected chi connectivity index (χ0v) is 8.52. The van der Waals surface area contributed by atoms with Gasteiger partial charge in [-0.15, -0.1) is 0 Å². The highest BCUT2D eigenvalue weighted by molar-refractivity contribution is 4.58. The Morgan fingerprint density at radius 1 is 0.750 bits per heavy atom. The number of hydrogen-bond donors (Lipinski definition) is 0. The first-order valence-electron chi connectivity index (χ1n) is 5.66. The minimum absolute atomic E-state index is 1.25. The van der Waals surface area contributed by atoms with Crippen LogP contribution in [0.4, 0.5) is 0 Å². The van der Waals surface area contributed by atoms with Crippen LogP contribution in [-0.2, 0) is 0 Å². The molecule has 0 aliphatic carbocycles. The molecule has 0 radical (unpaired) electrons. The Hall–Kier alpha value is -0.0400. The summed E-state index contributed by atoms with van der Waals surface area (Å²) in [5, 5.41) is 0. The van der Waals surface area contributed by atoms with Crippen molar-refractivity contribution in [2.45, 2.75) is 51.9 Å². The quantitative estimate of drug-likeness (QED) is 0.583. The molecule has 1 fully saturated rings. The van der Waals surface area contributed by atoms with Gasteiger partial charge in [-0.25, -0.2) is 0 Å². The molecular formula is C11H23N. The van der Waals surface area contributed by atoms with E-state index in [0.29, 0.717) is 0 Å². The lowest BCUT2D eigenvalue weighted by Crippen LogP contribution is -2.26. The van der Waals surface area contributed by atoms with E-state index in [1.54, 1.807) is 0 Å². The van der Waals surface area contributed by atoms with Crippen LogP contribution in [0.2, 0.25) is 0 Å². The minimum Gasteiger partial charge on any atom is -0.304 e. The smallest absolute Gasteiger partial charge is 0.00189 e. The van der Waals surface area contributed by atoms with E-state index in [1.807, 2.05) is 0 Å². The maximum absolute atomic E-state index is 2.60. The predicted octanol–water partition coefficient (Wildman–Crippen LogP) is 3.05. The van der Waals surface area contributed by atoms with E-state index in [-0.39, 0.29) is 0 Å². The molecule has 0 spiro atoms. The van der Waals surface area contributed by atoms with Crippen LogP contribution in [-0.4, -0.2) is 24.5 Å². The van der Waals surface area contributed by atoms with Gasteiger partial charge < -0.3 is 4.90 Å². The van der Waals surface area contributed by atoms with Crippen molar-refractivity contribution in [2.24, 2.45) is 0 Å². The first-order valence-corrected chi connectivity index (χ1v) is 5.66. The first-order chi connectivity index (χ1) is 5.93. The van der Waals surface area contributed by atoms with E-state index in [1.165, 1.54) is 64.6 Å². The fraction of sp³-hybridized carbons (Fsp3) is 1.00. The van der Waals surface area contributed by atoms with Crippen LogP contribution < -0.4 is 0 Å². The van der Waals surface area contributed by atoms with Crippen LogP contribution >= 0.6 is 0 Å².